The normalized spacial score (nSPS) is 17.4. The van der Waals surface area contributed by atoms with Crippen LogP contribution in [0.1, 0.15) is 12.0 Å². The van der Waals surface area contributed by atoms with Crippen LogP contribution in [0.4, 0.5) is 4.79 Å². The molecule has 1 unspecified atom stereocenters. The van der Waals surface area contributed by atoms with Crippen molar-refractivity contribution in [3.8, 4) is 0 Å². The molecule has 2 rings (SSSR count). The minimum atomic E-state index is -0.426. The van der Waals surface area contributed by atoms with Crippen molar-refractivity contribution in [3.63, 3.8) is 0 Å². The van der Waals surface area contributed by atoms with E-state index in [4.69, 9.17) is 10.3 Å². The minimum Gasteiger partial charge on any atom is -0.445 e. The number of carbonyl (C=O) groups excluding carboxylic acids is 2. The molecule has 1 aromatic carbocycles. The van der Waals surface area contributed by atoms with Crippen LogP contribution in [-0.2, 0) is 16.1 Å². The zero-order chi connectivity index (χ0) is 14.4. The second kappa shape index (κ2) is 6.63. The number of likely N-dealkylation sites (tertiary alicyclic amines) is 1. The summed E-state index contributed by atoms with van der Waals surface area (Å²) in [6, 6.07) is 9.40. The van der Waals surface area contributed by atoms with Crippen LogP contribution in [0.2, 0.25) is 0 Å². The summed E-state index contributed by atoms with van der Waals surface area (Å²) in [7, 11) is 0. The Hall–Kier alpha value is -2.46. The SMILES string of the molecule is [N-]=[N+]=CC(=O)C1CCN(C(=O)OCc2ccccc2)C1. The highest BCUT2D eigenvalue weighted by atomic mass is 16.6. The predicted molar refractivity (Wildman–Crippen MR) is 71.0 cm³/mol. The Balaban J connectivity index is 1.82. The standard InChI is InChI=1S/C14H15N3O3/c15-16-8-13(18)12-6-7-17(9-12)14(19)20-10-11-4-2-1-3-5-11/h1-5,8,12H,6-7,9-10H2. The molecule has 0 radical (unpaired) electrons. The smallest absolute Gasteiger partial charge is 0.410 e. The number of ether oxygens (including phenoxy) is 1. The summed E-state index contributed by atoms with van der Waals surface area (Å²) in [5.41, 5.74) is 9.24. The van der Waals surface area contributed by atoms with E-state index in [1.807, 2.05) is 30.3 Å². The summed E-state index contributed by atoms with van der Waals surface area (Å²) in [6.07, 6.45) is 1.01. The lowest BCUT2D eigenvalue weighted by molar-refractivity contribution is -0.119. The first-order valence-electron chi connectivity index (χ1n) is 6.37. The fraction of sp³-hybridized carbons (Fsp3) is 0.357. The molecule has 0 aromatic heterocycles. The zero-order valence-corrected chi connectivity index (χ0v) is 10.9. The van der Waals surface area contributed by atoms with Gasteiger partial charge in [-0.1, -0.05) is 30.3 Å². The minimum absolute atomic E-state index is 0.215. The van der Waals surface area contributed by atoms with Crippen molar-refractivity contribution in [2.75, 3.05) is 13.1 Å². The molecular formula is C14H15N3O3. The molecule has 20 heavy (non-hydrogen) atoms. The lowest BCUT2D eigenvalue weighted by Crippen LogP contribution is -2.30. The quantitative estimate of drug-likeness (QED) is 0.473. The molecule has 1 heterocycles. The van der Waals surface area contributed by atoms with Crippen molar-refractivity contribution in [2.24, 2.45) is 5.92 Å². The topological polar surface area (TPSA) is 83.0 Å². The first kappa shape index (κ1) is 14.0. The number of rotatable bonds is 4. The van der Waals surface area contributed by atoms with Crippen molar-refractivity contribution in [1.82, 2.24) is 4.90 Å². The van der Waals surface area contributed by atoms with E-state index in [2.05, 4.69) is 4.79 Å². The maximum absolute atomic E-state index is 11.9. The van der Waals surface area contributed by atoms with E-state index in [1.54, 1.807) is 0 Å². The summed E-state index contributed by atoms with van der Waals surface area (Å²) in [4.78, 5) is 27.6. The third-order valence-electron chi connectivity index (χ3n) is 3.24. The van der Waals surface area contributed by atoms with E-state index in [1.165, 1.54) is 4.90 Å². The average Bonchev–Trinajstić information content (AvgIpc) is 2.96. The molecule has 6 nitrogen and oxygen atoms in total. The third-order valence-corrected chi connectivity index (χ3v) is 3.24. The van der Waals surface area contributed by atoms with Crippen LogP contribution in [0.3, 0.4) is 0 Å². The maximum atomic E-state index is 11.9. The van der Waals surface area contributed by atoms with Gasteiger partial charge in [-0.05, 0) is 12.0 Å². The summed E-state index contributed by atoms with van der Waals surface area (Å²) in [6.45, 7) is 0.995. The van der Waals surface area contributed by atoms with Crippen molar-refractivity contribution in [2.45, 2.75) is 13.0 Å². The number of amides is 1. The molecule has 1 amide bonds. The van der Waals surface area contributed by atoms with Gasteiger partial charge >= 0.3 is 12.3 Å². The van der Waals surface area contributed by atoms with Gasteiger partial charge in [0.05, 0.1) is 0 Å². The molecule has 0 saturated carbocycles. The Bertz CT molecular complexity index is 538. The van der Waals surface area contributed by atoms with Gasteiger partial charge in [-0.2, -0.15) is 4.79 Å². The largest absolute Gasteiger partial charge is 0.445 e. The summed E-state index contributed by atoms with van der Waals surface area (Å²) in [5.74, 6) is -0.582. The number of Topliss-reactive ketones (excluding diaryl/α,β-unsaturated/α-hetero) is 1. The number of carbonyl (C=O) groups is 2. The van der Waals surface area contributed by atoms with Gasteiger partial charge in [0.1, 0.15) is 6.61 Å². The first-order valence-corrected chi connectivity index (χ1v) is 6.37. The Kier molecular flexibility index (Phi) is 4.63. The van der Waals surface area contributed by atoms with Crippen LogP contribution < -0.4 is 0 Å². The fourth-order valence-corrected chi connectivity index (χ4v) is 2.13. The van der Waals surface area contributed by atoms with E-state index in [0.29, 0.717) is 19.5 Å². The van der Waals surface area contributed by atoms with Gasteiger partial charge in [0.25, 0.3) is 0 Å². The molecule has 0 bridgehead atoms. The van der Waals surface area contributed by atoms with Crippen molar-refractivity contribution < 1.29 is 19.1 Å². The highest BCUT2D eigenvalue weighted by Gasteiger charge is 2.32. The lowest BCUT2D eigenvalue weighted by Gasteiger charge is -2.15. The van der Waals surface area contributed by atoms with E-state index in [0.717, 1.165) is 11.8 Å². The van der Waals surface area contributed by atoms with Gasteiger partial charge in [0, 0.05) is 19.0 Å². The summed E-state index contributed by atoms with van der Waals surface area (Å²) < 4.78 is 5.19. The zero-order valence-electron chi connectivity index (χ0n) is 10.9. The molecule has 0 spiro atoms. The van der Waals surface area contributed by atoms with Gasteiger partial charge in [-0.3, -0.25) is 4.79 Å². The van der Waals surface area contributed by atoms with E-state index >= 15 is 0 Å². The Morgan fingerprint density at radius 3 is 2.85 bits per heavy atom. The van der Waals surface area contributed by atoms with Crippen LogP contribution in [-0.4, -0.2) is 40.9 Å². The Labute approximate surface area is 116 Å². The molecule has 1 aromatic rings. The van der Waals surface area contributed by atoms with Crippen LogP contribution in [0.15, 0.2) is 30.3 Å². The van der Waals surface area contributed by atoms with Crippen molar-refractivity contribution >= 4 is 18.1 Å². The Morgan fingerprint density at radius 2 is 2.15 bits per heavy atom. The highest BCUT2D eigenvalue weighted by Crippen LogP contribution is 2.17. The maximum Gasteiger partial charge on any atom is 0.410 e. The van der Waals surface area contributed by atoms with Gasteiger partial charge in [0.2, 0.25) is 5.78 Å². The molecule has 1 atom stereocenters. The monoisotopic (exact) mass is 273 g/mol. The number of ketones is 1. The molecule has 104 valence electrons. The van der Waals surface area contributed by atoms with Crippen LogP contribution in [0.25, 0.3) is 5.53 Å². The van der Waals surface area contributed by atoms with Crippen molar-refractivity contribution in [1.29, 1.82) is 0 Å². The number of nitrogens with zero attached hydrogens (tertiary/aromatic N) is 3. The fourth-order valence-electron chi connectivity index (χ4n) is 2.13. The van der Waals surface area contributed by atoms with Gasteiger partial charge < -0.3 is 15.2 Å². The molecule has 1 aliphatic rings. The molecule has 0 aliphatic carbocycles. The van der Waals surface area contributed by atoms with Crippen LogP contribution in [0.5, 0.6) is 0 Å². The summed E-state index contributed by atoms with van der Waals surface area (Å²) in [5, 5.41) is 0. The first-order chi connectivity index (χ1) is 9.70. The molecule has 1 saturated heterocycles. The molecule has 0 N–H and O–H groups in total. The van der Waals surface area contributed by atoms with E-state index in [-0.39, 0.29) is 18.3 Å². The second-order valence-electron chi connectivity index (χ2n) is 4.62. The number of benzene rings is 1. The molecule has 1 aliphatic heterocycles. The Morgan fingerprint density at radius 1 is 1.40 bits per heavy atom. The van der Waals surface area contributed by atoms with Crippen LogP contribution >= 0.6 is 0 Å². The predicted octanol–water partition coefficient (Wildman–Crippen LogP) is 1.51. The van der Waals surface area contributed by atoms with Crippen molar-refractivity contribution in [3.05, 3.63) is 41.4 Å². The lowest BCUT2D eigenvalue weighted by atomic mass is 10.1. The van der Waals surface area contributed by atoms with Gasteiger partial charge in [0.15, 0.2) is 0 Å². The molecule has 1 fully saturated rings. The molecule has 6 heteroatoms. The second-order valence-corrected chi connectivity index (χ2v) is 4.62. The average molecular weight is 273 g/mol. The van der Waals surface area contributed by atoms with Gasteiger partial charge in [-0.25, -0.2) is 4.79 Å². The van der Waals surface area contributed by atoms with E-state index in [9.17, 15) is 9.59 Å². The highest BCUT2D eigenvalue weighted by molar-refractivity contribution is 6.26. The summed E-state index contributed by atoms with van der Waals surface area (Å²) >= 11 is 0. The van der Waals surface area contributed by atoms with E-state index < -0.39 is 6.09 Å². The van der Waals surface area contributed by atoms with Crippen LogP contribution in [0, 0.1) is 5.92 Å². The number of hydrogen-bond donors (Lipinski definition) is 0. The van der Waals surface area contributed by atoms with Gasteiger partial charge in [-0.15, -0.1) is 0 Å². The third kappa shape index (κ3) is 3.52. The number of hydrogen-bond acceptors (Lipinski definition) is 3. The molecular weight excluding hydrogens is 258 g/mol.